The number of imide groups is 1. The van der Waals surface area contributed by atoms with Crippen molar-refractivity contribution in [2.24, 2.45) is 0 Å². The first-order chi connectivity index (χ1) is 10.2. The van der Waals surface area contributed by atoms with E-state index in [-0.39, 0.29) is 25.0 Å². The van der Waals surface area contributed by atoms with Gasteiger partial charge in [0, 0.05) is 10.7 Å². The van der Waals surface area contributed by atoms with Gasteiger partial charge in [-0.05, 0) is 23.8 Å². The van der Waals surface area contributed by atoms with Crippen molar-refractivity contribution in [3.05, 3.63) is 65.2 Å². The fourth-order valence-electron chi connectivity index (χ4n) is 2.30. The Balaban J connectivity index is 1.83. The molecule has 1 aliphatic rings. The van der Waals surface area contributed by atoms with E-state index in [4.69, 9.17) is 11.6 Å². The van der Waals surface area contributed by atoms with E-state index in [1.54, 1.807) is 6.07 Å². The Bertz CT molecular complexity index is 688. The number of benzene rings is 2. The van der Waals surface area contributed by atoms with Crippen LogP contribution in [-0.2, 0) is 11.3 Å². The molecule has 1 heterocycles. The lowest BCUT2D eigenvalue weighted by Gasteiger charge is -2.17. The Morgan fingerprint density at radius 2 is 1.62 bits per heavy atom. The second-order valence-corrected chi connectivity index (χ2v) is 5.18. The maximum absolute atomic E-state index is 12.4. The topological polar surface area (TPSA) is 40.6 Å². The average Bonchev–Trinajstić information content (AvgIpc) is 2.78. The number of para-hydroxylation sites is 1. The molecule has 3 amide bonds. The minimum atomic E-state index is -0.314. The van der Waals surface area contributed by atoms with E-state index in [9.17, 15) is 9.59 Å². The van der Waals surface area contributed by atoms with Crippen LogP contribution >= 0.6 is 11.6 Å². The predicted molar refractivity (Wildman–Crippen MR) is 81.2 cm³/mol. The van der Waals surface area contributed by atoms with Gasteiger partial charge in [0.05, 0.1) is 6.54 Å². The molecular formula is C16H13ClN2O2. The smallest absolute Gasteiger partial charge is 0.285 e. The van der Waals surface area contributed by atoms with E-state index in [1.807, 2.05) is 48.5 Å². The summed E-state index contributed by atoms with van der Waals surface area (Å²) in [6, 6.07) is 16.1. The molecule has 0 saturated carbocycles. The van der Waals surface area contributed by atoms with E-state index < -0.39 is 0 Å². The molecule has 2 aromatic rings. The highest BCUT2D eigenvalue weighted by molar-refractivity contribution is 6.31. The number of urea groups is 1. The summed E-state index contributed by atoms with van der Waals surface area (Å²) in [6.45, 7) is 0.258. The largest absolute Gasteiger partial charge is 0.332 e. The van der Waals surface area contributed by atoms with Crippen LogP contribution in [0.25, 0.3) is 0 Å². The van der Waals surface area contributed by atoms with Crippen molar-refractivity contribution in [1.29, 1.82) is 0 Å². The fourth-order valence-corrected chi connectivity index (χ4v) is 2.50. The zero-order valence-corrected chi connectivity index (χ0v) is 12.0. The molecule has 4 nitrogen and oxygen atoms in total. The van der Waals surface area contributed by atoms with Crippen LogP contribution in [0.5, 0.6) is 0 Å². The molecule has 1 aliphatic heterocycles. The molecule has 0 N–H and O–H groups in total. The lowest BCUT2D eigenvalue weighted by Crippen LogP contribution is -2.32. The molecule has 0 radical (unpaired) electrons. The summed E-state index contributed by atoms with van der Waals surface area (Å²) in [5.74, 6) is -0.219. The Kier molecular flexibility index (Phi) is 3.62. The van der Waals surface area contributed by atoms with Crippen LogP contribution in [0.3, 0.4) is 0 Å². The monoisotopic (exact) mass is 300 g/mol. The van der Waals surface area contributed by atoms with Crippen LogP contribution < -0.4 is 4.90 Å². The first-order valence-corrected chi connectivity index (χ1v) is 6.95. The summed E-state index contributed by atoms with van der Waals surface area (Å²) in [5, 5.41) is 0.552. The first-order valence-electron chi connectivity index (χ1n) is 6.57. The minimum absolute atomic E-state index is 0.0628. The van der Waals surface area contributed by atoms with E-state index in [0.29, 0.717) is 5.02 Å². The molecular weight excluding hydrogens is 288 g/mol. The summed E-state index contributed by atoms with van der Waals surface area (Å²) in [5.41, 5.74) is 1.48. The third kappa shape index (κ3) is 2.62. The van der Waals surface area contributed by atoms with Crippen molar-refractivity contribution in [2.75, 3.05) is 11.4 Å². The first kappa shape index (κ1) is 13.6. The Morgan fingerprint density at radius 1 is 0.952 bits per heavy atom. The van der Waals surface area contributed by atoms with Gasteiger partial charge in [0.25, 0.3) is 5.91 Å². The molecule has 1 saturated heterocycles. The molecule has 0 atom stereocenters. The molecule has 2 aromatic carbocycles. The highest BCUT2D eigenvalue weighted by atomic mass is 35.5. The van der Waals surface area contributed by atoms with Gasteiger partial charge < -0.3 is 0 Å². The minimum Gasteiger partial charge on any atom is -0.285 e. The number of rotatable bonds is 3. The van der Waals surface area contributed by atoms with E-state index >= 15 is 0 Å². The summed E-state index contributed by atoms with van der Waals surface area (Å²) < 4.78 is 0. The van der Waals surface area contributed by atoms with Gasteiger partial charge in [-0.2, -0.15) is 0 Å². The van der Waals surface area contributed by atoms with Crippen molar-refractivity contribution in [1.82, 2.24) is 4.90 Å². The van der Waals surface area contributed by atoms with Crippen LogP contribution in [0.2, 0.25) is 5.02 Å². The Hall–Kier alpha value is -2.33. The highest BCUT2D eigenvalue weighted by Crippen LogP contribution is 2.24. The zero-order chi connectivity index (χ0) is 14.8. The van der Waals surface area contributed by atoms with Crippen LogP contribution in [0.4, 0.5) is 10.5 Å². The van der Waals surface area contributed by atoms with Gasteiger partial charge in [-0.1, -0.05) is 48.0 Å². The number of halogens is 1. The lowest BCUT2D eigenvalue weighted by molar-refractivity contribution is -0.125. The van der Waals surface area contributed by atoms with Crippen LogP contribution in [0.1, 0.15) is 5.56 Å². The third-order valence-corrected chi connectivity index (χ3v) is 3.78. The SMILES string of the molecule is O=C1CN(c2ccccc2)C(=O)N1Cc1ccccc1Cl. The number of amides is 3. The van der Waals surface area contributed by atoms with Crippen molar-refractivity contribution in [3.63, 3.8) is 0 Å². The van der Waals surface area contributed by atoms with Crippen molar-refractivity contribution in [3.8, 4) is 0 Å². The predicted octanol–water partition coefficient (Wildman–Crippen LogP) is 3.31. The number of carbonyl (C=O) groups excluding carboxylic acids is 2. The van der Waals surface area contributed by atoms with Crippen molar-refractivity contribution in [2.45, 2.75) is 6.54 Å². The molecule has 3 rings (SSSR count). The molecule has 0 bridgehead atoms. The fraction of sp³-hybridized carbons (Fsp3) is 0.125. The summed E-state index contributed by atoms with van der Waals surface area (Å²) in [4.78, 5) is 27.2. The van der Waals surface area contributed by atoms with Crippen LogP contribution in [-0.4, -0.2) is 23.4 Å². The average molecular weight is 301 g/mol. The molecule has 106 valence electrons. The molecule has 1 fully saturated rings. The lowest BCUT2D eigenvalue weighted by atomic mass is 10.2. The molecule has 21 heavy (non-hydrogen) atoms. The summed E-state index contributed by atoms with van der Waals surface area (Å²) in [6.07, 6.45) is 0. The van der Waals surface area contributed by atoms with Crippen LogP contribution in [0, 0.1) is 0 Å². The third-order valence-electron chi connectivity index (χ3n) is 3.41. The molecule has 0 aliphatic carbocycles. The van der Waals surface area contributed by atoms with E-state index in [0.717, 1.165) is 11.3 Å². The number of nitrogens with zero attached hydrogens (tertiary/aromatic N) is 2. The van der Waals surface area contributed by atoms with Gasteiger partial charge in [0.1, 0.15) is 6.54 Å². The van der Waals surface area contributed by atoms with Gasteiger partial charge in [-0.15, -0.1) is 0 Å². The molecule has 0 aromatic heterocycles. The van der Waals surface area contributed by atoms with Gasteiger partial charge in [0.2, 0.25) is 0 Å². The Labute approximate surface area is 127 Å². The maximum atomic E-state index is 12.4. The van der Waals surface area contributed by atoms with Gasteiger partial charge in [0.15, 0.2) is 0 Å². The normalized spacial score (nSPS) is 14.9. The summed E-state index contributed by atoms with van der Waals surface area (Å²) in [7, 11) is 0. The molecule has 0 unspecified atom stereocenters. The Morgan fingerprint density at radius 3 is 2.33 bits per heavy atom. The number of carbonyl (C=O) groups is 2. The second-order valence-electron chi connectivity index (χ2n) is 4.78. The second kappa shape index (κ2) is 5.58. The summed E-state index contributed by atoms with van der Waals surface area (Å²) >= 11 is 6.09. The van der Waals surface area contributed by atoms with Crippen molar-refractivity contribution >= 4 is 29.2 Å². The van der Waals surface area contributed by atoms with E-state index in [2.05, 4.69) is 0 Å². The van der Waals surface area contributed by atoms with Gasteiger partial charge in [-0.25, -0.2) is 4.79 Å². The number of hydrogen-bond donors (Lipinski definition) is 0. The number of hydrogen-bond acceptors (Lipinski definition) is 2. The van der Waals surface area contributed by atoms with E-state index in [1.165, 1.54) is 9.80 Å². The van der Waals surface area contributed by atoms with Crippen LogP contribution in [0.15, 0.2) is 54.6 Å². The number of anilines is 1. The maximum Gasteiger partial charge on any atom is 0.332 e. The zero-order valence-electron chi connectivity index (χ0n) is 11.2. The van der Waals surface area contributed by atoms with Crippen molar-refractivity contribution < 1.29 is 9.59 Å². The van der Waals surface area contributed by atoms with Gasteiger partial charge in [-0.3, -0.25) is 14.6 Å². The van der Waals surface area contributed by atoms with Gasteiger partial charge >= 0.3 is 6.03 Å². The molecule has 5 heteroatoms. The standard InChI is InChI=1S/C16H13ClN2O2/c17-14-9-5-4-6-12(14)10-19-15(20)11-18(16(19)21)13-7-2-1-3-8-13/h1-9H,10-11H2. The quantitative estimate of drug-likeness (QED) is 0.816. The molecule has 0 spiro atoms. The highest BCUT2D eigenvalue weighted by Gasteiger charge is 2.36.